The number of hydrogen-bond donors (Lipinski definition) is 1. The number of hydrogen-bond acceptors (Lipinski definition) is 3. The van der Waals surface area contributed by atoms with E-state index in [4.69, 9.17) is 4.74 Å². The summed E-state index contributed by atoms with van der Waals surface area (Å²) in [5, 5.41) is 2.41. The van der Waals surface area contributed by atoms with Crippen molar-refractivity contribution in [2.45, 2.75) is 19.5 Å². The van der Waals surface area contributed by atoms with Crippen LogP contribution in [-0.4, -0.2) is 38.4 Å². The average molecular weight is 305 g/mol. The van der Waals surface area contributed by atoms with Crippen molar-refractivity contribution >= 4 is 5.91 Å². The molecule has 0 atom stereocenters. The average Bonchev–Trinajstić information content (AvgIpc) is 2.44. The molecule has 118 valence electrons. The highest BCUT2D eigenvalue weighted by Crippen LogP contribution is 2.14. The first-order valence-corrected chi connectivity index (χ1v) is 6.53. The topological polar surface area (TPSA) is 47.6 Å². The normalized spacial score (nSPS) is 11.2. The fourth-order valence-corrected chi connectivity index (χ4v) is 1.47. The Kier molecular flexibility index (Phi) is 7.01. The lowest BCUT2D eigenvalue weighted by Crippen LogP contribution is -2.32. The standard InChI is InChI=1S/C14H18F3NO3/c1-2-11-3-5-12(6-4-11)21-9-13(19)18-7-8-20-10-14(15,16)17/h3-6H,2,7-10H2,1H3,(H,18,19). The summed E-state index contributed by atoms with van der Waals surface area (Å²) in [6, 6.07) is 7.33. The Hall–Kier alpha value is -1.76. The fourth-order valence-electron chi connectivity index (χ4n) is 1.47. The van der Waals surface area contributed by atoms with Gasteiger partial charge < -0.3 is 14.8 Å². The van der Waals surface area contributed by atoms with Gasteiger partial charge in [0.15, 0.2) is 6.61 Å². The van der Waals surface area contributed by atoms with Gasteiger partial charge in [-0.25, -0.2) is 0 Å². The number of nitrogens with one attached hydrogen (secondary N) is 1. The Labute approximate surface area is 121 Å². The number of alkyl halides is 3. The fraction of sp³-hybridized carbons (Fsp3) is 0.500. The maximum atomic E-state index is 11.8. The SMILES string of the molecule is CCc1ccc(OCC(=O)NCCOCC(F)(F)F)cc1. The lowest BCUT2D eigenvalue weighted by molar-refractivity contribution is -0.173. The van der Waals surface area contributed by atoms with Crippen LogP contribution in [0.15, 0.2) is 24.3 Å². The highest BCUT2D eigenvalue weighted by Gasteiger charge is 2.27. The van der Waals surface area contributed by atoms with E-state index >= 15 is 0 Å². The van der Waals surface area contributed by atoms with E-state index in [0.717, 1.165) is 12.0 Å². The van der Waals surface area contributed by atoms with Crippen molar-refractivity contribution in [2.24, 2.45) is 0 Å². The third kappa shape index (κ3) is 8.19. The van der Waals surface area contributed by atoms with Gasteiger partial charge in [-0.05, 0) is 24.1 Å². The predicted molar refractivity (Wildman–Crippen MR) is 71.2 cm³/mol. The molecule has 0 saturated carbocycles. The Balaban J connectivity index is 2.13. The van der Waals surface area contributed by atoms with Crippen molar-refractivity contribution in [1.82, 2.24) is 5.32 Å². The molecule has 1 amide bonds. The number of halogens is 3. The van der Waals surface area contributed by atoms with Gasteiger partial charge in [0.05, 0.1) is 6.61 Å². The molecule has 1 aromatic rings. The molecule has 0 spiro atoms. The molecular formula is C14H18F3NO3. The summed E-state index contributed by atoms with van der Waals surface area (Å²) in [5.41, 5.74) is 1.16. The van der Waals surface area contributed by atoms with E-state index in [9.17, 15) is 18.0 Å². The van der Waals surface area contributed by atoms with Crippen LogP contribution >= 0.6 is 0 Å². The Morgan fingerprint density at radius 3 is 2.48 bits per heavy atom. The van der Waals surface area contributed by atoms with Crippen LogP contribution < -0.4 is 10.1 Å². The van der Waals surface area contributed by atoms with Crippen molar-refractivity contribution in [3.8, 4) is 5.75 Å². The van der Waals surface area contributed by atoms with E-state index < -0.39 is 18.7 Å². The molecular weight excluding hydrogens is 287 g/mol. The third-order valence-electron chi connectivity index (χ3n) is 2.54. The number of amides is 1. The molecule has 1 N–H and O–H groups in total. The number of carbonyl (C=O) groups excluding carboxylic acids is 1. The summed E-state index contributed by atoms with van der Waals surface area (Å²) in [5.74, 6) is 0.154. The highest BCUT2D eigenvalue weighted by atomic mass is 19.4. The summed E-state index contributed by atoms with van der Waals surface area (Å²) < 4.78 is 44.9. The number of carbonyl (C=O) groups is 1. The lowest BCUT2D eigenvalue weighted by Gasteiger charge is -2.09. The summed E-state index contributed by atoms with van der Waals surface area (Å²) in [6.45, 7) is 0.335. The van der Waals surface area contributed by atoms with E-state index in [-0.39, 0.29) is 19.8 Å². The summed E-state index contributed by atoms with van der Waals surface area (Å²) in [4.78, 5) is 11.4. The number of ether oxygens (including phenoxy) is 2. The van der Waals surface area contributed by atoms with Crippen LogP contribution in [0.1, 0.15) is 12.5 Å². The largest absolute Gasteiger partial charge is 0.484 e. The van der Waals surface area contributed by atoms with E-state index in [1.807, 2.05) is 19.1 Å². The van der Waals surface area contributed by atoms with Gasteiger partial charge in [0, 0.05) is 6.54 Å². The molecule has 1 rings (SSSR count). The van der Waals surface area contributed by atoms with Crippen LogP contribution in [0.5, 0.6) is 5.75 Å². The molecule has 0 aliphatic heterocycles. The van der Waals surface area contributed by atoms with Crippen molar-refractivity contribution in [1.29, 1.82) is 0 Å². The molecule has 0 unspecified atom stereocenters. The molecule has 0 aliphatic rings. The van der Waals surface area contributed by atoms with Crippen molar-refractivity contribution in [3.63, 3.8) is 0 Å². The van der Waals surface area contributed by atoms with Gasteiger partial charge in [0.2, 0.25) is 0 Å². The van der Waals surface area contributed by atoms with E-state index in [0.29, 0.717) is 5.75 Å². The third-order valence-corrected chi connectivity index (χ3v) is 2.54. The van der Waals surface area contributed by atoms with Crippen LogP contribution in [0.2, 0.25) is 0 Å². The van der Waals surface area contributed by atoms with Crippen molar-refractivity contribution < 1.29 is 27.4 Å². The molecule has 0 aromatic heterocycles. The van der Waals surface area contributed by atoms with E-state index in [1.165, 1.54) is 0 Å². The molecule has 0 heterocycles. The minimum atomic E-state index is -4.35. The Morgan fingerprint density at radius 2 is 1.90 bits per heavy atom. The number of rotatable bonds is 8. The van der Waals surface area contributed by atoms with Crippen LogP contribution in [-0.2, 0) is 16.0 Å². The predicted octanol–water partition coefficient (Wildman–Crippen LogP) is 2.32. The van der Waals surface area contributed by atoms with Gasteiger partial charge in [0.1, 0.15) is 12.4 Å². The van der Waals surface area contributed by atoms with Crippen molar-refractivity contribution in [2.75, 3.05) is 26.4 Å². The van der Waals surface area contributed by atoms with Gasteiger partial charge in [-0.1, -0.05) is 19.1 Å². The van der Waals surface area contributed by atoms with Gasteiger partial charge in [-0.2, -0.15) is 13.2 Å². The van der Waals surface area contributed by atoms with Gasteiger partial charge in [0.25, 0.3) is 5.91 Å². The molecule has 0 radical (unpaired) electrons. The molecule has 0 fully saturated rings. The molecule has 1 aromatic carbocycles. The van der Waals surface area contributed by atoms with Gasteiger partial charge >= 0.3 is 6.18 Å². The maximum absolute atomic E-state index is 11.8. The Morgan fingerprint density at radius 1 is 1.24 bits per heavy atom. The van der Waals surface area contributed by atoms with Crippen LogP contribution in [0, 0.1) is 0 Å². The second-order valence-electron chi connectivity index (χ2n) is 4.30. The maximum Gasteiger partial charge on any atom is 0.411 e. The number of aryl methyl sites for hydroxylation is 1. The number of benzene rings is 1. The molecule has 4 nitrogen and oxygen atoms in total. The van der Waals surface area contributed by atoms with E-state index in [1.54, 1.807) is 12.1 Å². The Bertz CT molecular complexity index is 432. The minimum absolute atomic E-state index is 0.00699. The second kappa shape index (κ2) is 8.51. The first-order chi connectivity index (χ1) is 9.90. The summed E-state index contributed by atoms with van der Waals surface area (Å²) in [7, 11) is 0. The lowest BCUT2D eigenvalue weighted by atomic mass is 10.2. The smallest absolute Gasteiger partial charge is 0.411 e. The van der Waals surface area contributed by atoms with Gasteiger partial charge in [-0.3, -0.25) is 4.79 Å². The van der Waals surface area contributed by atoms with E-state index in [2.05, 4.69) is 10.1 Å². The summed E-state index contributed by atoms with van der Waals surface area (Å²) >= 11 is 0. The molecule has 0 saturated heterocycles. The van der Waals surface area contributed by atoms with Gasteiger partial charge in [-0.15, -0.1) is 0 Å². The quantitative estimate of drug-likeness (QED) is 0.750. The molecule has 21 heavy (non-hydrogen) atoms. The molecule has 0 bridgehead atoms. The van der Waals surface area contributed by atoms with Crippen LogP contribution in [0.3, 0.4) is 0 Å². The highest BCUT2D eigenvalue weighted by molar-refractivity contribution is 5.77. The van der Waals surface area contributed by atoms with Crippen LogP contribution in [0.4, 0.5) is 13.2 Å². The first-order valence-electron chi connectivity index (χ1n) is 6.53. The second-order valence-corrected chi connectivity index (χ2v) is 4.30. The monoisotopic (exact) mass is 305 g/mol. The molecule has 0 aliphatic carbocycles. The zero-order valence-electron chi connectivity index (χ0n) is 11.7. The van der Waals surface area contributed by atoms with Crippen LogP contribution in [0.25, 0.3) is 0 Å². The summed E-state index contributed by atoms with van der Waals surface area (Å²) in [6.07, 6.45) is -3.43. The zero-order valence-corrected chi connectivity index (χ0v) is 11.7. The van der Waals surface area contributed by atoms with Crippen molar-refractivity contribution in [3.05, 3.63) is 29.8 Å². The molecule has 7 heteroatoms. The first kappa shape index (κ1) is 17.3. The minimum Gasteiger partial charge on any atom is -0.484 e. The zero-order chi connectivity index (χ0) is 15.7.